The van der Waals surface area contributed by atoms with Crippen LogP contribution >= 0.6 is 0 Å². The average molecular weight is 791 g/mol. The molecule has 6 aromatic rings. The van der Waals surface area contributed by atoms with E-state index in [2.05, 4.69) is 39.1 Å². The highest BCUT2D eigenvalue weighted by molar-refractivity contribution is 7.89. The van der Waals surface area contributed by atoms with Gasteiger partial charge in [-0.25, -0.2) is 13.0 Å². The molecule has 10 nitrogen and oxygen atoms in total. The Hall–Kier alpha value is -5.91. The summed E-state index contributed by atoms with van der Waals surface area (Å²) in [4.78, 5) is 13.9. The lowest BCUT2D eigenvalue weighted by Gasteiger charge is -2.30. The van der Waals surface area contributed by atoms with Crippen LogP contribution in [-0.2, 0) is 27.7 Å². The number of ether oxygens (including phenoxy) is 1. The van der Waals surface area contributed by atoms with Gasteiger partial charge in [0, 0.05) is 84.0 Å². The third kappa shape index (κ3) is 6.15. The number of piperidine rings is 1. The SMILES string of the molecule is CN(C)c1ccc(N=Nc2ccc3c4c(c(-c5ccccc5S(=O)(=O)N5CCC(C(=O)O)CC5)cc3c2)C=c2ccc3c5c6c(cc3c2O4)CCC[N+]=6CCC5)cc1. The number of anilines is 1. The number of aliphatic carboxylic acids is 1. The summed E-state index contributed by atoms with van der Waals surface area (Å²) in [5, 5.41) is 25.2. The van der Waals surface area contributed by atoms with Gasteiger partial charge >= 0.3 is 5.97 Å². The summed E-state index contributed by atoms with van der Waals surface area (Å²) in [6.45, 7) is 2.50. The third-order valence-corrected chi connectivity index (χ3v) is 14.3. The van der Waals surface area contributed by atoms with Crippen LogP contribution < -0.4 is 24.8 Å². The predicted octanol–water partition coefficient (Wildman–Crippen LogP) is 7.94. The Bertz CT molecular complexity index is 2970. The summed E-state index contributed by atoms with van der Waals surface area (Å²) in [7, 11) is 0.00592. The Morgan fingerprint density at radius 3 is 2.31 bits per heavy atom. The van der Waals surface area contributed by atoms with Gasteiger partial charge in [-0.1, -0.05) is 30.3 Å². The molecule has 0 aliphatic carbocycles. The van der Waals surface area contributed by atoms with Gasteiger partial charge in [-0.3, -0.25) is 4.79 Å². The van der Waals surface area contributed by atoms with Crippen molar-refractivity contribution in [3.63, 3.8) is 0 Å². The van der Waals surface area contributed by atoms with Gasteiger partial charge in [0.15, 0.2) is 0 Å². The van der Waals surface area contributed by atoms with Crippen LogP contribution in [-0.4, -0.2) is 64.1 Å². The number of carboxylic acid groups (broad SMARTS) is 1. The molecule has 1 saturated heterocycles. The molecule has 11 heteroatoms. The second kappa shape index (κ2) is 14.2. The standard InChI is InChI=1S/C47H43N5O5S/c1-50(2)35-15-12-33(13-16-35)48-49-34-14-18-36-32(25-34)28-40(38-8-3-4-10-43(38)58(55,56)52-23-19-29(20-24-52)47(53)54)42-27-31-11-17-37-39-9-6-22-51-21-5-7-30(44(39)51)26-41(37)45(31)57-46(36)42/h3-4,8,10-18,25-29H,5-7,9,19-24H2,1-2H3/p+1. The van der Waals surface area contributed by atoms with Crippen LogP contribution in [0.25, 0.3) is 38.7 Å². The molecule has 1 N–H and O–H groups in total. The van der Waals surface area contributed by atoms with Crippen molar-refractivity contribution < 1.29 is 23.1 Å². The fourth-order valence-electron chi connectivity index (χ4n) is 9.40. The summed E-state index contributed by atoms with van der Waals surface area (Å²) < 4.78 is 40.1. The van der Waals surface area contributed by atoms with Crippen molar-refractivity contribution >= 4 is 60.7 Å². The second-order valence-corrected chi connectivity index (χ2v) is 18.0. The number of hydrogen-bond acceptors (Lipinski definition) is 7. The van der Waals surface area contributed by atoms with Crippen molar-refractivity contribution in [2.45, 2.75) is 43.4 Å². The van der Waals surface area contributed by atoms with Crippen LogP contribution in [0.3, 0.4) is 0 Å². The van der Waals surface area contributed by atoms with Crippen LogP contribution in [0.2, 0.25) is 0 Å². The van der Waals surface area contributed by atoms with E-state index in [1.165, 1.54) is 26.2 Å². The summed E-state index contributed by atoms with van der Waals surface area (Å²) in [6, 6.07) is 29.7. The maximum absolute atomic E-state index is 14.5. The van der Waals surface area contributed by atoms with Gasteiger partial charge in [0.05, 0.1) is 22.2 Å². The van der Waals surface area contributed by atoms with Gasteiger partial charge in [-0.15, -0.1) is 0 Å². The number of azo groups is 1. The first-order valence-electron chi connectivity index (χ1n) is 20.2. The zero-order chi connectivity index (χ0) is 39.7. The van der Waals surface area contributed by atoms with E-state index in [0.717, 1.165) is 88.4 Å². The zero-order valence-corrected chi connectivity index (χ0v) is 33.4. The number of fused-ring (bicyclic) bond motifs is 7. The number of benzene rings is 6. The molecule has 292 valence electrons. The summed E-state index contributed by atoms with van der Waals surface area (Å²) >= 11 is 0. The smallest absolute Gasteiger partial charge is 0.306 e. The van der Waals surface area contributed by atoms with Crippen LogP contribution in [0.1, 0.15) is 42.4 Å². The van der Waals surface area contributed by atoms with E-state index in [-0.39, 0.29) is 30.8 Å². The molecule has 0 radical (unpaired) electrons. The molecule has 4 aliphatic rings. The van der Waals surface area contributed by atoms with Crippen molar-refractivity contribution in [2.24, 2.45) is 16.1 Å². The number of nitrogens with zero attached hydrogens (tertiary/aromatic N) is 5. The summed E-state index contributed by atoms with van der Waals surface area (Å²) in [5.41, 5.74) is 7.31. The molecule has 6 aromatic carbocycles. The highest BCUT2D eigenvalue weighted by Crippen LogP contribution is 2.46. The molecule has 0 atom stereocenters. The number of hydrogen-bond donors (Lipinski definition) is 1. The fraction of sp³-hybridized carbons (Fsp3) is 0.277. The predicted molar refractivity (Wildman–Crippen MR) is 228 cm³/mol. The Morgan fingerprint density at radius 1 is 0.810 bits per heavy atom. The maximum atomic E-state index is 14.5. The van der Waals surface area contributed by atoms with E-state index < -0.39 is 21.9 Å². The van der Waals surface area contributed by atoms with Gasteiger partial charge in [-0.05, 0) is 109 Å². The molecular weight excluding hydrogens is 747 g/mol. The molecular formula is C47H44N5O5S+. The lowest BCUT2D eigenvalue weighted by Crippen LogP contribution is -2.43. The molecule has 10 rings (SSSR count). The minimum atomic E-state index is -3.99. The molecule has 0 aromatic heterocycles. The second-order valence-electron chi connectivity index (χ2n) is 16.1. The molecule has 58 heavy (non-hydrogen) atoms. The van der Waals surface area contributed by atoms with Crippen LogP contribution in [0.5, 0.6) is 11.5 Å². The highest BCUT2D eigenvalue weighted by Gasteiger charge is 2.35. The van der Waals surface area contributed by atoms with E-state index in [1.54, 1.807) is 12.1 Å². The van der Waals surface area contributed by atoms with Crippen molar-refractivity contribution in [3.05, 3.63) is 118 Å². The number of aryl methyl sites for hydroxylation is 2. The highest BCUT2D eigenvalue weighted by atomic mass is 32.2. The molecule has 0 bridgehead atoms. The van der Waals surface area contributed by atoms with Crippen LogP contribution in [0.4, 0.5) is 17.1 Å². The molecule has 4 heterocycles. The summed E-state index contributed by atoms with van der Waals surface area (Å²) in [6.07, 6.45) is 7.04. The van der Waals surface area contributed by atoms with E-state index in [9.17, 15) is 18.3 Å². The Labute approximate surface area is 337 Å². The largest absolute Gasteiger partial charge is 0.481 e. The lowest BCUT2D eigenvalue weighted by atomic mass is 9.88. The average Bonchev–Trinajstić information content (AvgIpc) is 3.25. The topological polar surface area (TPSA) is 115 Å². The van der Waals surface area contributed by atoms with Crippen molar-refractivity contribution in [1.82, 2.24) is 8.88 Å². The number of carbonyl (C=O) groups is 1. The van der Waals surface area contributed by atoms with Crippen LogP contribution in [0, 0.1) is 5.92 Å². The Morgan fingerprint density at radius 2 is 1.53 bits per heavy atom. The minimum absolute atomic E-state index is 0.148. The normalized spacial score (nSPS) is 16.8. The first kappa shape index (κ1) is 36.4. The number of sulfonamides is 1. The molecule has 4 aliphatic heterocycles. The monoisotopic (exact) mass is 790 g/mol. The Kier molecular flexibility index (Phi) is 8.90. The summed E-state index contributed by atoms with van der Waals surface area (Å²) in [5.74, 6) is 0.0468. The minimum Gasteiger partial charge on any atom is -0.481 e. The van der Waals surface area contributed by atoms with Gasteiger partial charge in [-0.2, -0.15) is 14.5 Å². The molecule has 0 spiro atoms. The molecule has 1 fully saturated rings. The van der Waals surface area contributed by atoms with Gasteiger partial charge in [0.2, 0.25) is 15.4 Å². The van der Waals surface area contributed by atoms with Gasteiger partial charge in [0.1, 0.15) is 24.6 Å². The first-order valence-corrected chi connectivity index (χ1v) is 21.6. The molecule has 0 amide bonds. The van der Waals surface area contributed by atoms with Crippen LogP contribution in [0.15, 0.2) is 106 Å². The zero-order valence-electron chi connectivity index (χ0n) is 32.6. The number of rotatable bonds is 7. The Balaban J connectivity index is 1.15. The van der Waals surface area contributed by atoms with Crippen molar-refractivity contribution in [3.8, 4) is 22.6 Å². The molecule has 0 saturated carbocycles. The van der Waals surface area contributed by atoms with Gasteiger partial charge in [0.25, 0.3) is 0 Å². The van der Waals surface area contributed by atoms with E-state index >= 15 is 0 Å². The quantitative estimate of drug-likeness (QED) is 0.130. The maximum Gasteiger partial charge on any atom is 0.306 e. The van der Waals surface area contributed by atoms with E-state index in [0.29, 0.717) is 17.0 Å². The van der Waals surface area contributed by atoms with Crippen molar-refractivity contribution in [1.29, 1.82) is 0 Å². The van der Waals surface area contributed by atoms with E-state index in [1.807, 2.05) is 79.7 Å². The molecule has 0 unspecified atom stereocenters. The lowest BCUT2D eigenvalue weighted by molar-refractivity contribution is -0.142. The number of carboxylic acids is 1. The van der Waals surface area contributed by atoms with Crippen molar-refractivity contribution in [2.75, 3.05) is 45.2 Å². The fourth-order valence-corrected chi connectivity index (χ4v) is 11.1. The van der Waals surface area contributed by atoms with Gasteiger partial charge < -0.3 is 14.7 Å². The third-order valence-electron chi connectivity index (χ3n) is 12.4. The first-order chi connectivity index (χ1) is 28.1. The van der Waals surface area contributed by atoms with E-state index in [4.69, 9.17) is 4.74 Å².